The van der Waals surface area contributed by atoms with Crippen molar-refractivity contribution in [3.8, 4) is 0 Å². The summed E-state index contributed by atoms with van der Waals surface area (Å²) in [6.07, 6.45) is 9.11. The number of hydrogen-bond acceptors (Lipinski definition) is 4. The maximum absolute atomic E-state index is 13.4. The van der Waals surface area contributed by atoms with Crippen molar-refractivity contribution in [2.45, 2.75) is 55.8 Å². The Kier molecular flexibility index (Phi) is 4.87. The Balaban J connectivity index is 1.40. The molecule has 4 aliphatic carbocycles. The summed E-state index contributed by atoms with van der Waals surface area (Å²) < 4.78 is 0. The molecular weight excluding hydrogens is 392 g/mol. The smallest absolute Gasteiger partial charge is 0.233 e. The van der Waals surface area contributed by atoms with Crippen LogP contribution in [0.15, 0.2) is 35.7 Å². The van der Waals surface area contributed by atoms with Crippen molar-refractivity contribution >= 4 is 29.3 Å². The maximum atomic E-state index is 13.4. The van der Waals surface area contributed by atoms with Crippen molar-refractivity contribution in [3.63, 3.8) is 0 Å². The summed E-state index contributed by atoms with van der Waals surface area (Å²) in [5.41, 5.74) is 1.19. The molecule has 2 aromatic rings. The molecule has 4 bridgehead atoms. The fourth-order valence-electron chi connectivity index (χ4n) is 6.16. The minimum atomic E-state index is 0.0352. The third kappa shape index (κ3) is 3.57. The van der Waals surface area contributed by atoms with Crippen molar-refractivity contribution in [2.75, 3.05) is 5.75 Å². The van der Waals surface area contributed by atoms with Gasteiger partial charge in [-0.25, -0.2) is 4.98 Å². The molecule has 0 atom stereocenters. The van der Waals surface area contributed by atoms with E-state index in [1.807, 2.05) is 24.3 Å². The molecular formula is C21H25ClN4OS. The second-order valence-electron chi connectivity index (χ2n) is 8.83. The number of benzene rings is 1. The number of nitrogens with one attached hydrogen (secondary N) is 1. The highest BCUT2D eigenvalue weighted by atomic mass is 35.5. The molecule has 0 aliphatic heterocycles. The van der Waals surface area contributed by atoms with E-state index in [2.05, 4.69) is 20.1 Å². The van der Waals surface area contributed by atoms with Crippen LogP contribution in [0.3, 0.4) is 0 Å². The summed E-state index contributed by atoms with van der Waals surface area (Å²) in [4.78, 5) is 19.8. The number of amides is 1. The average molecular weight is 417 g/mol. The summed E-state index contributed by atoms with van der Waals surface area (Å²) in [7, 11) is 0. The van der Waals surface area contributed by atoms with Crippen LogP contribution in [-0.2, 0) is 11.3 Å². The number of thioether (sulfide) groups is 1. The highest BCUT2D eigenvalue weighted by Gasteiger charge is 2.54. The topological polar surface area (TPSA) is 61.9 Å². The molecule has 0 radical (unpaired) electrons. The second-order valence-corrected chi connectivity index (χ2v) is 10.2. The summed E-state index contributed by atoms with van der Waals surface area (Å²) >= 11 is 7.51. The number of rotatable bonds is 6. The molecule has 7 heteroatoms. The van der Waals surface area contributed by atoms with Crippen LogP contribution in [0.1, 0.15) is 44.1 Å². The van der Waals surface area contributed by atoms with Crippen LogP contribution in [0.2, 0.25) is 5.02 Å². The quantitative estimate of drug-likeness (QED) is 0.702. The van der Waals surface area contributed by atoms with Crippen molar-refractivity contribution in [1.29, 1.82) is 0 Å². The van der Waals surface area contributed by atoms with E-state index >= 15 is 0 Å². The Morgan fingerprint density at radius 1 is 1.14 bits per heavy atom. The van der Waals surface area contributed by atoms with E-state index in [0.29, 0.717) is 17.5 Å². The summed E-state index contributed by atoms with van der Waals surface area (Å²) in [6, 6.07) is 7.93. The molecule has 0 saturated heterocycles. The van der Waals surface area contributed by atoms with Gasteiger partial charge in [0, 0.05) is 17.1 Å². The minimum absolute atomic E-state index is 0.0352. The molecule has 0 spiro atoms. The highest BCUT2D eigenvalue weighted by molar-refractivity contribution is 7.99. The van der Waals surface area contributed by atoms with Crippen LogP contribution < -0.4 is 0 Å². The van der Waals surface area contributed by atoms with Crippen LogP contribution in [0, 0.1) is 17.8 Å². The Morgan fingerprint density at radius 3 is 2.36 bits per heavy atom. The van der Waals surface area contributed by atoms with Gasteiger partial charge in [-0.2, -0.15) is 5.10 Å². The third-order valence-corrected chi connectivity index (χ3v) is 7.97. The minimum Gasteiger partial charge on any atom is -0.332 e. The SMILES string of the molecule is O=C(CSc1ncn[nH]1)N(Cc1ccc(Cl)cc1)C12CC3CC(CC(C3)C1)C2. The molecule has 1 N–H and O–H groups in total. The van der Waals surface area contributed by atoms with Gasteiger partial charge in [0.05, 0.1) is 5.75 Å². The van der Waals surface area contributed by atoms with Gasteiger partial charge in [0.15, 0.2) is 5.16 Å². The first-order valence-electron chi connectivity index (χ1n) is 10.1. The van der Waals surface area contributed by atoms with Gasteiger partial charge < -0.3 is 4.90 Å². The van der Waals surface area contributed by atoms with Crippen molar-refractivity contribution < 1.29 is 4.79 Å². The lowest BCUT2D eigenvalue weighted by molar-refractivity contribution is -0.149. The maximum Gasteiger partial charge on any atom is 0.233 e. The standard InChI is InChI=1S/C21H25ClN4OS/c22-18-3-1-14(2-4-18)11-26(19(27)12-28-20-23-13-24-25-20)21-8-15-5-16(9-21)7-17(6-15)10-21/h1-4,13,15-17H,5-12H2,(H,23,24,25). The third-order valence-electron chi connectivity index (χ3n) is 6.86. The van der Waals surface area contributed by atoms with Gasteiger partial charge in [-0.1, -0.05) is 35.5 Å². The number of H-pyrrole nitrogens is 1. The first-order chi connectivity index (χ1) is 13.6. The van der Waals surface area contributed by atoms with E-state index in [1.165, 1.54) is 56.6 Å². The summed E-state index contributed by atoms with van der Waals surface area (Å²) in [6.45, 7) is 0.666. The molecule has 4 aliphatic rings. The van der Waals surface area contributed by atoms with Gasteiger partial charge in [-0.3, -0.25) is 9.89 Å². The van der Waals surface area contributed by atoms with Crippen LogP contribution in [0.25, 0.3) is 0 Å². The molecule has 6 rings (SSSR count). The van der Waals surface area contributed by atoms with Gasteiger partial charge in [0.25, 0.3) is 0 Å². The molecule has 1 aromatic carbocycles. The summed E-state index contributed by atoms with van der Waals surface area (Å²) in [5, 5.41) is 8.15. The Labute approximate surface area is 174 Å². The van der Waals surface area contributed by atoms with Gasteiger partial charge in [0.2, 0.25) is 5.91 Å². The largest absolute Gasteiger partial charge is 0.332 e. The number of carbonyl (C=O) groups is 1. The molecule has 4 fully saturated rings. The monoisotopic (exact) mass is 416 g/mol. The fourth-order valence-corrected chi connectivity index (χ4v) is 6.94. The van der Waals surface area contributed by atoms with Crippen molar-refractivity contribution in [3.05, 3.63) is 41.2 Å². The number of halogens is 1. The molecule has 1 amide bonds. The lowest BCUT2D eigenvalue weighted by Crippen LogP contribution is -2.61. The van der Waals surface area contributed by atoms with E-state index in [4.69, 9.17) is 11.6 Å². The Morgan fingerprint density at radius 2 is 1.79 bits per heavy atom. The first kappa shape index (κ1) is 18.5. The van der Waals surface area contributed by atoms with Crippen molar-refractivity contribution in [1.82, 2.24) is 20.1 Å². The molecule has 1 heterocycles. The fraction of sp³-hybridized carbons (Fsp3) is 0.571. The predicted molar refractivity (Wildman–Crippen MR) is 110 cm³/mol. The number of aromatic nitrogens is 3. The summed E-state index contributed by atoms with van der Waals surface area (Å²) in [5.74, 6) is 3.00. The number of nitrogens with zero attached hydrogens (tertiary/aromatic N) is 3. The van der Waals surface area contributed by atoms with Gasteiger partial charge in [-0.05, 0) is 74.0 Å². The van der Waals surface area contributed by atoms with E-state index < -0.39 is 0 Å². The highest BCUT2D eigenvalue weighted by Crippen LogP contribution is 2.58. The molecule has 0 unspecified atom stereocenters. The Hall–Kier alpha value is -1.53. The predicted octanol–water partition coefficient (Wildman–Crippen LogP) is 4.55. The number of aromatic amines is 1. The molecule has 5 nitrogen and oxygen atoms in total. The molecule has 148 valence electrons. The van der Waals surface area contributed by atoms with Crippen LogP contribution in [0.4, 0.5) is 0 Å². The lowest BCUT2D eigenvalue weighted by atomic mass is 9.52. The van der Waals surface area contributed by atoms with E-state index in [-0.39, 0.29) is 11.4 Å². The number of hydrogen-bond donors (Lipinski definition) is 1. The lowest BCUT2D eigenvalue weighted by Gasteiger charge is -2.60. The Bertz CT molecular complexity index is 803. The van der Waals surface area contributed by atoms with Gasteiger partial charge in [0.1, 0.15) is 6.33 Å². The van der Waals surface area contributed by atoms with E-state index in [0.717, 1.165) is 28.3 Å². The van der Waals surface area contributed by atoms with E-state index in [9.17, 15) is 4.79 Å². The van der Waals surface area contributed by atoms with Gasteiger partial charge in [-0.15, -0.1) is 0 Å². The normalized spacial score (nSPS) is 30.5. The van der Waals surface area contributed by atoms with Crippen LogP contribution >= 0.6 is 23.4 Å². The number of carbonyl (C=O) groups excluding carboxylic acids is 1. The zero-order chi connectivity index (χ0) is 19.1. The average Bonchev–Trinajstić information content (AvgIpc) is 3.18. The molecule has 1 aromatic heterocycles. The molecule has 28 heavy (non-hydrogen) atoms. The van der Waals surface area contributed by atoms with Crippen molar-refractivity contribution in [2.24, 2.45) is 17.8 Å². The van der Waals surface area contributed by atoms with Crippen LogP contribution in [-0.4, -0.2) is 37.3 Å². The zero-order valence-corrected chi connectivity index (χ0v) is 17.4. The van der Waals surface area contributed by atoms with E-state index in [1.54, 1.807) is 0 Å². The molecule has 4 saturated carbocycles. The zero-order valence-electron chi connectivity index (χ0n) is 15.8. The van der Waals surface area contributed by atoms with Crippen LogP contribution in [0.5, 0.6) is 0 Å². The second kappa shape index (κ2) is 7.38. The first-order valence-corrected chi connectivity index (χ1v) is 11.5. The van der Waals surface area contributed by atoms with Gasteiger partial charge >= 0.3 is 0 Å².